The van der Waals surface area contributed by atoms with Crippen LogP contribution >= 0.6 is 11.6 Å². The van der Waals surface area contributed by atoms with Crippen LogP contribution in [0.2, 0.25) is 5.02 Å². The third kappa shape index (κ3) is 6.53. The minimum absolute atomic E-state index is 0.324. The quantitative estimate of drug-likeness (QED) is 0.538. The molecule has 0 radical (unpaired) electrons. The molecule has 1 spiro atoms. The Morgan fingerprint density at radius 2 is 1.43 bits per heavy atom. The lowest BCUT2D eigenvalue weighted by atomic mass is 9.96. The predicted octanol–water partition coefficient (Wildman–Crippen LogP) is 6.19. The second-order valence-corrected chi connectivity index (χ2v) is 10.3. The Labute approximate surface area is 176 Å². The molecule has 0 amide bonds. The smallest absolute Gasteiger partial charge is 0.201 e. The minimum atomic E-state index is -1.20. The second-order valence-electron chi connectivity index (χ2n) is 8.44. The van der Waals surface area contributed by atoms with Gasteiger partial charge in [-0.15, -0.1) is 0 Å². The van der Waals surface area contributed by atoms with Crippen molar-refractivity contribution in [3.05, 3.63) is 29.3 Å². The first-order valence-corrected chi connectivity index (χ1v) is 12.3. The van der Waals surface area contributed by atoms with Crippen molar-refractivity contribution in [1.29, 1.82) is 0 Å². The Bertz CT molecular complexity index is 612. The first kappa shape index (κ1) is 22.2. The van der Waals surface area contributed by atoms with E-state index in [1.54, 1.807) is 24.3 Å². The molecule has 1 aromatic rings. The molecule has 1 aliphatic heterocycles. The van der Waals surface area contributed by atoms with E-state index < -0.39 is 22.2 Å². The molecule has 0 aromatic heterocycles. The highest BCUT2D eigenvalue weighted by molar-refractivity contribution is 7.85. The van der Waals surface area contributed by atoms with E-state index in [0.29, 0.717) is 17.4 Å². The number of hydrogen-bond donors (Lipinski definition) is 0. The monoisotopic (exact) mass is 428 g/mol. The van der Waals surface area contributed by atoms with E-state index in [0.717, 1.165) is 30.6 Å². The zero-order chi connectivity index (χ0) is 19.9. The Kier molecular flexibility index (Phi) is 8.36. The summed E-state index contributed by atoms with van der Waals surface area (Å²) in [6.07, 6.45) is 13.0. The SMILES string of the molecule is CC1(CS(=O)c2ccc(Cl)cc2)COC2(CCCCCCCCCCC2)OO1. The van der Waals surface area contributed by atoms with Gasteiger partial charge in [0.15, 0.2) is 0 Å². The summed E-state index contributed by atoms with van der Waals surface area (Å²) in [6.45, 7) is 2.30. The van der Waals surface area contributed by atoms with Gasteiger partial charge in [-0.2, -0.15) is 0 Å². The summed E-state index contributed by atoms with van der Waals surface area (Å²) in [5, 5.41) is 0.636. The van der Waals surface area contributed by atoms with E-state index in [2.05, 4.69) is 0 Å². The van der Waals surface area contributed by atoms with E-state index in [9.17, 15) is 4.21 Å². The average Bonchev–Trinajstić information content (AvgIpc) is 2.67. The van der Waals surface area contributed by atoms with Crippen molar-refractivity contribution in [3.8, 4) is 0 Å². The molecule has 1 saturated carbocycles. The molecule has 1 saturated heterocycles. The molecule has 2 fully saturated rings. The Morgan fingerprint density at radius 1 is 0.893 bits per heavy atom. The molecular formula is C22H33ClO4S. The Balaban J connectivity index is 1.56. The zero-order valence-corrected chi connectivity index (χ0v) is 18.5. The van der Waals surface area contributed by atoms with E-state index in [1.807, 2.05) is 6.92 Å². The van der Waals surface area contributed by atoms with Gasteiger partial charge < -0.3 is 4.74 Å². The number of rotatable bonds is 3. The van der Waals surface area contributed by atoms with Crippen LogP contribution in [0.4, 0.5) is 0 Å². The van der Waals surface area contributed by atoms with Gasteiger partial charge in [0.1, 0.15) is 5.60 Å². The summed E-state index contributed by atoms with van der Waals surface area (Å²) in [6, 6.07) is 7.10. The van der Waals surface area contributed by atoms with Gasteiger partial charge in [-0.25, -0.2) is 9.78 Å². The van der Waals surface area contributed by atoms with Crippen LogP contribution in [0.25, 0.3) is 0 Å². The molecule has 1 aliphatic carbocycles. The first-order valence-electron chi connectivity index (χ1n) is 10.7. The van der Waals surface area contributed by atoms with Gasteiger partial charge in [0.05, 0.1) is 23.2 Å². The van der Waals surface area contributed by atoms with Crippen molar-refractivity contribution in [2.75, 3.05) is 12.4 Å². The number of ether oxygens (including phenoxy) is 1. The van der Waals surface area contributed by atoms with Crippen molar-refractivity contribution in [1.82, 2.24) is 0 Å². The van der Waals surface area contributed by atoms with Crippen LogP contribution in [-0.4, -0.2) is 28.0 Å². The van der Waals surface area contributed by atoms with Gasteiger partial charge >= 0.3 is 0 Å². The standard InChI is InChI=1S/C22H33ClO4S/c1-21(18-28(24)20-13-11-19(23)12-14-20)17-25-22(27-26-21)15-9-7-5-3-2-4-6-8-10-16-22/h11-14H,2-10,15-18H2,1H3. The fourth-order valence-corrected chi connectivity index (χ4v) is 5.32. The minimum Gasteiger partial charge on any atom is -0.344 e. The van der Waals surface area contributed by atoms with Gasteiger partial charge in [-0.3, -0.25) is 4.21 Å². The largest absolute Gasteiger partial charge is 0.344 e. The highest BCUT2D eigenvalue weighted by Gasteiger charge is 2.44. The zero-order valence-electron chi connectivity index (χ0n) is 16.9. The topological polar surface area (TPSA) is 44.8 Å². The molecule has 1 aromatic carbocycles. The first-order chi connectivity index (χ1) is 13.5. The van der Waals surface area contributed by atoms with Gasteiger partial charge in [-0.1, -0.05) is 56.5 Å². The third-order valence-corrected chi connectivity index (χ3v) is 7.59. The number of halogens is 1. The van der Waals surface area contributed by atoms with E-state index in [-0.39, 0.29) is 0 Å². The van der Waals surface area contributed by atoms with Gasteiger partial charge in [-0.05, 0) is 44.0 Å². The molecule has 4 nitrogen and oxygen atoms in total. The number of benzene rings is 1. The van der Waals surface area contributed by atoms with Crippen LogP contribution in [0, 0.1) is 0 Å². The van der Waals surface area contributed by atoms with Crippen LogP contribution in [0.15, 0.2) is 29.2 Å². The highest BCUT2D eigenvalue weighted by Crippen LogP contribution is 2.36. The second kappa shape index (κ2) is 10.5. The molecule has 2 atom stereocenters. The molecule has 6 heteroatoms. The highest BCUT2D eigenvalue weighted by atomic mass is 35.5. The van der Waals surface area contributed by atoms with Crippen molar-refractivity contribution in [3.63, 3.8) is 0 Å². The molecule has 28 heavy (non-hydrogen) atoms. The van der Waals surface area contributed by atoms with Gasteiger partial charge in [0.2, 0.25) is 5.79 Å². The van der Waals surface area contributed by atoms with E-state index in [4.69, 9.17) is 26.1 Å². The Hall–Kier alpha value is -0.460. The summed E-state index contributed by atoms with van der Waals surface area (Å²) < 4.78 is 19.0. The molecule has 3 rings (SSSR count). The molecule has 158 valence electrons. The lowest BCUT2D eigenvalue weighted by Crippen LogP contribution is -2.53. The predicted molar refractivity (Wildman–Crippen MR) is 113 cm³/mol. The molecule has 2 aliphatic rings. The normalized spacial score (nSPS) is 28.2. The third-order valence-electron chi connectivity index (χ3n) is 5.66. The lowest BCUT2D eigenvalue weighted by Gasteiger charge is -2.43. The van der Waals surface area contributed by atoms with Gasteiger partial charge in [0.25, 0.3) is 0 Å². The summed E-state index contributed by atoms with van der Waals surface area (Å²) in [7, 11) is -1.20. The van der Waals surface area contributed by atoms with E-state index >= 15 is 0 Å². The number of hydrogen-bond acceptors (Lipinski definition) is 4. The van der Waals surface area contributed by atoms with Crippen molar-refractivity contribution >= 4 is 22.4 Å². The van der Waals surface area contributed by atoms with E-state index in [1.165, 1.54) is 44.9 Å². The average molecular weight is 429 g/mol. The van der Waals surface area contributed by atoms with Crippen LogP contribution in [0.5, 0.6) is 0 Å². The van der Waals surface area contributed by atoms with Gasteiger partial charge in [0, 0.05) is 22.8 Å². The van der Waals surface area contributed by atoms with Crippen molar-refractivity contribution < 1.29 is 18.7 Å². The Morgan fingerprint density at radius 3 is 1.93 bits per heavy atom. The maximum atomic E-state index is 12.7. The molecule has 2 unspecified atom stereocenters. The maximum absolute atomic E-state index is 12.7. The summed E-state index contributed by atoms with van der Waals surface area (Å²) in [4.78, 5) is 12.5. The van der Waals surface area contributed by atoms with Crippen molar-refractivity contribution in [2.45, 2.75) is 93.8 Å². The fourth-order valence-electron chi connectivity index (χ4n) is 3.90. The summed E-state index contributed by atoms with van der Waals surface area (Å²) in [5.74, 6) is -0.314. The van der Waals surface area contributed by atoms with Crippen molar-refractivity contribution in [2.24, 2.45) is 0 Å². The van der Waals surface area contributed by atoms with Crippen LogP contribution < -0.4 is 0 Å². The summed E-state index contributed by atoms with van der Waals surface area (Å²) in [5.41, 5.74) is -0.723. The molecule has 1 heterocycles. The lowest BCUT2D eigenvalue weighted by molar-refractivity contribution is -0.508. The van der Waals surface area contributed by atoms with Crippen LogP contribution in [0.1, 0.15) is 77.6 Å². The fraction of sp³-hybridized carbons (Fsp3) is 0.727. The van der Waals surface area contributed by atoms with Crippen LogP contribution in [-0.2, 0) is 25.3 Å². The maximum Gasteiger partial charge on any atom is 0.201 e. The molecule has 0 bridgehead atoms. The summed E-state index contributed by atoms with van der Waals surface area (Å²) >= 11 is 5.92. The molecule has 0 N–H and O–H groups in total. The van der Waals surface area contributed by atoms with Crippen LogP contribution in [0.3, 0.4) is 0 Å². The molecular weight excluding hydrogens is 396 g/mol.